The van der Waals surface area contributed by atoms with Crippen molar-refractivity contribution >= 4 is 43.5 Å². The van der Waals surface area contributed by atoms with E-state index in [0.717, 1.165) is 15.6 Å². The van der Waals surface area contributed by atoms with Crippen molar-refractivity contribution in [1.29, 1.82) is 0 Å². The summed E-state index contributed by atoms with van der Waals surface area (Å²) in [4.78, 5) is 0. The maximum atomic E-state index is 6.22. The molecule has 2 atom stereocenters. The summed E-state index contributed by atoms with van der Waals surface area (Å²) in [6.07, 6.45) is -0.0775. The van der Waals surface area contributed by atoms with Gasteiger partial charge in [-0.2, -0.15) is 0 Å². The number of hydrogen-bond donors (Lipinski definition) is 0. The van der Waals surface area contributed by atoms with Gasteiger partial charge >= 0.3 is 0 Å². The summed E-state index contributed by atoms with van der Waals surface area (Å²) in [5, 5.41) is 1.26. The van der Waals surface area contributed by atoms with E-state index in [-0.39, 0.29) is 6.10 Å². The molecule has 0 radical (unpaired) electrons. The van der Waals surface area contributed by atoms with Gasteiger partial charge < -0.3 is 9.47 Å². The molecule has 0 spiro atoms. The van der Waals surface area contributed by atoms with Crippen molar-refractivity contribution in [2.75, 3.05) is 11.9 Å². The van der Waals surface area contributed by atoms with E-state index in [1.165, 1.54) is 0 Å². The van der Waals surface area contributed by atoms with E-state index >= 15 is 0 Å². The second kappa shape index (κ2) is 6.39. The Hall–Kier alpha value is -0.390. The van der Waals surface area contributed by atoms with Crippen molar-refractivity contribution in [2.24, 2.45) is 0 Å². The van der Waals surface area contributed by atoms with E-state index in [0.29, 0.717) is 17.0 Å². The zero-order chi connectivity index (χ0) is 14.9. The van der Waals surface area contributed by atoms with Gasteiger partial charge in [-0.1, -0.05) is 67.7 Å². The first kappa shape index (κ1) is 15.5. The van der Waals surface area contributed by atoms with Crippen LogP contribution >= 0.6 is 43.5 Å². The Morgan fingerprint density at radius 1 is 1.10 bits per heavy atom. The average Bonchev–Trinajstić information content (AvgIpc) is 2.94. The number of hydrogen-bond acceptors (Lipinski definition) is 2. The Kier molecular flexibility index (Phi) is 4.71. The van der Waals surface area contributed by atoms with Crippen LogP contribution in [0.1, 0.15) is 17.2 Å². The van der Waals surface area contributed by atoms with Gasteiger partial charge in [-0.15, -0.1) is 0 Å². The normalized spacial score (nSPS) is 25.2. The van der Waals surface area contributed by atoms with Crippen molar-refractivity contribution < 1.29 is 9.47 Å². The summed E-state index contributed by atoms with van der Waals surface area (Å²) < 4.78 is 13.3. The molecule has 0 N–H and O–H groups in total. The van der Waals surface area contributed by atoms with Crippen LogP contribution in [0.25, 0.3) is 0 Å². The predicted octanol–water partition coefficient (Wildman–Crippen LogP) is 5.44. The molecule has 1 saturated heterocycles. The number of ether oxygens (including phenoxy) is 2. The summed E-state index contributed by atoms with van der Waals surface area (Å²) in [5.74, 6) is -0.762. The molecule has 0 aromatic heterocycles. The van der Waals surface area contributed by atoms with Crippen LogP contribution in [-0.2, 0) is 15.3 Å². The predicted molar refractivity (Wildman–Crippen MR) is 90.8 cm³/mol. The lowest BCUT2D eigenvalue weighted by atomic mass is 10.1. The van der Waals surface area contributed by atoms with Gasteiger partial charge in [0.05, 0.1) is 11.9 Å². The van der Waals surface area contributed by atoms with E-state index < -0.39 is 5.79 Å². The highest BCUT2D eigenvalue weighted by molar-refractivity contribution is 9.10. The standard InChI is InChI=1S/C16H13Br2ClO2/c17-10-16(12-3-7-14(19)8-4-12)20-9-15(21-16)11-1-5-13(18)6-2-11/h1-8,15H,9-10H2/t15-,16+/m0/s1. The van der Waals surface area contributed by atoms with Gasteiger partial charge in [0.15, 0.2) is 0 Å². The van der Waals surface area contributed by atoms with Gasteiger partial charge in [-0.05, 0) is 29.8 Å². The van der Waals surface area contributed by atoms with Crippen molar-refractivity contribution in [1.82, 2.24) is 0 Å². The van der Waals surface area contributed by atoms with Crippen LogP contribution in [0, 0.1) is 0 Å². The third-order valence-electron chi connectivity index (χ3n) is 3.50. The van der Waals surface area contributed by atoms with Gasteiger partial charge in [0.25, 0.3) is 0 Å². The summed E-state index contributed by atoms with van der Waals surface area (Å²) >= 11 is 12.9. The molecule has 2 aromatic carbocycles. The first-order chi connectivity index (χ1) is 10.1. The molecular weight excluding hydrogens is 419 g/mol. The molecule has 0 bridgehead atoms. The Balaban J connectivity index is 1.85. The molecule has 1 heterocycles. The monoisotopic (exact) mass is 430 g/mol. The lowest BCUT2D eigenvalue weighted by Crippen LogP contribution is -2.29. The first-order valence-corrected chi connectivity index (χ1v) is 8.81. The van der Waals surface area contributed by atoms with Crippen molar-refractivity contribution in [3.63, 3.8) is 0 Å². The van der Waals surface area contributed by atoms with Gasteiger partial charge in [-0.3, -0.25) is 0 Å². The minimum absolute atomic E-state index is 0.0775. The second-order valence-electron chi connectivity index (χ2n) is 4.86. The van der Waals surface area contributed by atoms with E-state index in [2.05, 4.69) is 31.9 Å². The molecule has 5 heteroatoms. The summed E-state index contributed by atoms with van der Waals surface area (Å²) in [7, 11) is 0. The molecule has 110 valence electrons. The Morgan fingerprint density at radius 3 is 2.38 bits per heavy atom. The Morgan fingerprint density at radius 2 is 1.76 bits per heavy atom. The lowest BCUT2D eigenvalue weighted by molar-refractivity contribution is -0.157. The molecule has 2 aromatic rings. The van der Waals surface area contributed by atoms with Crippen LogP contribution < -0.4 is 0 Å². The molecule has 0 unspecified atom stereocenters. The van der Waals surface area contributed by atoms with Crippen molar-refractivity contribution in [3.05, 3.63) is 69.2 Å². The third-order valence-corrected chi connectivity index (χ3v) is 5.02. The Labute approximate surface area is 145 Å². The largest absolute Gasteiger partial charge is 0.342 e. The fraction of sp³-hybridized carbons (Fsp3) is 0.250. The number of halogens is 3. The lowest BCUT2D eigenvalue weighted by Gasteiger charge is -2.26. The third kappa shape index (κ3) is 3.20. The number of benzene rings is 2. The zero-order valence-electron chi connectivity index (χ0n) is 11.1. The summed E-state index contributed by atoms with van der Waals surface area (Å²) in [6.45, 7) is 0.524. The molecular formula is C16H13Br2ClO2. The van der Waals surface area contributed by atoms with Crippen LogP contribution in [0.5, 0.6) is 0 Å². The minimum atomic E-state index is -0.762. The average molecular weight is 433 g/mol. The fourth-order valence-electron chi connectivity index (χ4n) is 2.35. The number of alkyl halides is 1. The van der Waals surface area contributed by atoms with Crippen LogP contribution in [0.15, 0.2) is 53.0 Å². The molecule has 0 amide bonds. The number of rotatable bonds is 3. The molecule has 21 heavy (non-hydrogen) atoms. The maximum Gasteiger partial charge on any atom is 0.205 e. The van der Waals surface area contributed by atoms with E-state index in [4.69, 9.17) is 21.1 Å². The highest BCUT2D eigenvalue weighted by Crippen LogP contribution is 2.42. The summed E-state index contributed by atoms with van der Waals surface area (Å²) in [5.41, 5.74) is 2.07. The molecule has 0 aliphatic carbocycles. The highest BCUT2D eigenvalue weighted by atomic mass is 79.9. The van der Waals surface area contributed by atoms with E-state index in [9.17, 15) is 0 Å². The second-order valence-corrected chi connectivity index (χ2v) is 6.78. The van der Waals surface area contributed by atoms with Gasteiger partial charge in [0.1, 0.15) is 6.10 Å². The van der Waals surface area contributed by atoms with Gasteiger partial charge in [0, 0.05) is 15.1 Å². The fourth-order valence-corrected chi connectivity index (χ4v) is 3.36. The molecule has 0 saturated carbocycles. The van der Waals surface area contributed by atoms with Crippen LogP contribution in [0.4, 0.5) is 0 Å². The van der Waals surface area contributed by atoms with Crippen molar-refractivity contribution in [3.8, 4) is 0 Å². The topological polar surface area (TPSA) is 18.5 Å². The quantitative estimate of drug-likeness (QED) is 0.602. The smallest absolute Gasteiger partial charge is 0.205 e. The maximum absolute atomic E-state index is 6.22. The zero-order valence-corrected chi connectivity index (χ0v) is 15.0. The summed E-state index contributed by atoms with van der Waals surface area (Å²) in [6, 6.07) is 15.7. The van der Waals surface area contributed by atoms with Crippen molar-refractivity contribution in [2.45, 2.75) is 11.9 Å². The minimum Gasteiger partial charge on any atom is -0.342 e. The molecule has 2 nitrogen and oxygen atoms in total. The SMILES string of the molecule is Clc1ccc([C@]2(CBr)OC[C@@H](c3ccc(Br)cc3)O2)cc1. The molecule has 1 fully saturated rings. The molecule has 1 aliphatic rings. The molecule has 3 rings (SSSR count). The van der Waals surface area contributed by atoms with Crippen LogP contribution in [0.3, 0.4) is 0 Å². The van der Waals surface area contributed by atoms with Gasteiger partial charge in [0.2, 0.25) is 5.79 Å². The van der Waals surface area contributed by atoms with Crippen LogP contribution in [-0.4, -0.2) is 11.9 Å². The Bertz CT molecular complexity index is 615. The molecule has 1 aliphatic heterocycles. The first-order valence-electron chi connectivity index (χ1n) is 6.52. The van der Waals surface area contributed by atoms with Crippen LogP contribution in [0.2, 0.25) is 5.02 Å². The van der Waals surface area contributed by atoms with Gasteiger partial charge in [-0.25, -0.2) is 0 Å². The highest BCUT2D eigenvalue weighted by Gasteiger charge is 2.42. The van der Waals surface area contributed by atoms with E-state index in [1.54, 1.807) is 0 Å². The van der Waals surface area contributed by atoms with E-state index in [1.807, 2.05) is 48.5 Å².